The molecule has 1 aliphatic rings. The summed E-state index contributed by atoms with van der Waals surface area (Å²) in [5, 5.41) is 3.17. The predicted octanol–water partition coefficient (Wildman–Crippen LogP) is 2.73. The highest BCUT2D eigenvalue weighted by Crippen LogP contribution is 2.34. The van der Waals surface area contributed by atoms with Crippen molar-refractivity contribution >= 4 is 11.5 Å². The van der Waals surface area contributed by atoms with E-state index in [1.807, 2.05) is 0 Å². The first-order chi connectivity index (χ1) is 10.8. The van der Waals surface area contributed by atoms with Gasteiger partial charge in [-0.25, -0.2) is 4.98 Å². The van der Waals surface area contributed by atoms with Gasteiger partial charge in [0.1, 0.15) is 18.1 Å². The predicted molar refractivity (Wildman–Crippen MR) is 88.3 cm³/mol. The topological polar surface area (TPSA) is 82.3 Å². The molecule has 2 rings (SSSR count). The summed E-state index contributed by atoms with van der Waals surface area (Å²) in [5.41, 5.74) is 6.56. The van der Waals surface area contributed by atoms with Crippen molar-refractivity contribution in [3.63, 3.8) is 0 Å². The van der Waals surface area contributed by atoms with Crippen LogP contribution in [-0.2, 0) is 4.74 Å². The summed E-state index contributed by atoms with van der Waals surface area (Å²) < 4.78 is 10.7. The highest BCUT2D eigenvalue weighted by Gasteiger charge is 2.22. The third-order valence-corrected chi connectivity index (χ3v) is 3.84. The Hall–Kier alpha value is -1.82. The van der Waals surface area contributed by atoms with Crippen LogP contribution >= 0.6 is 0 Å². The van der Waals surface area contributed by atoms with Crippen molar-refractivity contribution < 1.29 is 9.47 Å². The molecule has 1 aromatic rings. The summed E-state index contributed by atoms with van der Waals surface area (Å²) in [7, 11) is 1.64. The van der Waals surface area contributed by atoms with E-state index in [0.29, 0.717) is 43.1 Å². The van der Waals surface area contributed by atoms with Gasteiger partial charge in [0.2, 0.25) is 5.88 Å². The van der Waals surface area contributed by atoms with Crippen LogP contribution in [0.1, 0.15) is 43.8 Å². The molecule has 0 spiro atoms. The number of nitrogens with zero attached hydrogens (tertiary/aromatic N) is 2. The van der Waals surface area contributed by atoms with Gasteiger partial charge in [-0.1, -0.05) is 25.3 Å². The van der Waals surface area contributed by atoms with E-state index in [2.05, 4.69) is 21.9 Å². The number of methoxy groups -OCH3 is 1. The number of ether oxygens (including phenoxy) is 2. The average Bonchev–Trinajstić information content (AvgIpc) is 2.56. The van der Waals surface area contributed by atoms with E-state index < -0.39 is 0 Å². The van der Waals surface area contributed by atoms with E-state index in [-0.39, 0.29) is 0 Å². The van der Waals surface area contributed by atoms with Crippen molar-refractivity contribution in [1.29, 1.82) is 0 Å². The molecule has 0 bridgehead atoms. The Labute approximate surface area is 132 Å². The zero-order valence-corrected chi connectivity index (χ0v) is 13.3. The second-order valence-electron chi connectivity index (χ2n) is 5.50. The smallest absolute Gasteiger partial charge is 0.242 e. The van der Waals surface area contributed by atoms with E-state index in [0.717, 1.165) is 18.7 Å². The lowest BCUT2D eigenvalue weighted by Crippen LogP contribution is -2.15. The summed E-state index contributed by atoms with van der Waals surface area (Å²) >= 11 is 0. The molecule has 122 valence electrons. The molecule has 1 heterocycles. The van der Waals surface area contributed by atoms with Crippen molar-refractivity contribution in [2.24, 2.45) is 0 Å². The minimum absolute atomic E-state index is 0.392. The molecule has 0 aliphatic heterocycles. The Morgan fingerprint density at radius 3 is 2.73 bits per heavy atom. The van der Waals surface area contributed by atoms with Crippen LogP contribution in [0.4, 0.5) is 11.5 Å². The van der Waals surface area contributed by atoms with Gasteiger partial charge in [0, 0.05) is 19.6 Å². The SMILES string of the molecule is C=CCNc1nc(C2CCCCC2)nc(OCCOC)c1N. The van der Waals surface area contributed by atoms with Gasteiger partial charge in [0.25, 0.3) is 0 Å². The molecule has 0 radical (unpaired) electrons. The molecule has 6 nitrogen and oxygen atoms in total. The van der Waals surface area contributed by atoms with E-state index in [1.54, 1.807) is 13.2 Å². The number of anilines is 2. The van der Waals surface area contributed by atoms with Gasteiger partial charge in [-0.15, -0.1) is 6.58 Å². The zero-order valence-electron chi connectivity index (χ0n) is 13.3. The highest BCUT2D eigenvalue weighted by atomic mass is 16.5. The number of nitrogens with two attached hydrogens (primary N) is 1. The molecule has 3 N–H and O–H groups in total. The van der Waals surface area contributed by atoms with Crippen LogP contribution in [0.15, 0.2) is 12.7 Å². The Morgan fingerprint density at radius 2 is 2.05 bits per heavy atom. The minimum Gasteiger partial charge on any atom is -0.474 e. The molecule has 0 unspecified atom stereocenters. The molecule has 1 aliphatic carbocycles. The number of aromatic nitrogens is 2. The Kier molecular flexibility index (Phi) is 6.45. The van der Waals surface area contributed by atoms with Crippen molar-refractivity contribution in [3.8, 4) is 5.88 Å². The van der Waals surface area contributed by atoms with Crippen LogP contribution in [0.3, 0.4) is 0 Å². The van der Waals surface area contributed by atoms with Gasteiger partial charge in [-0.2, -0.15) is 4.98 Å². The zero-order chi connectivity index (χ0) is 15.8. The van der Waals surface area contributed by atoms with Crippen molar-refractivity contribution in [2.45, 2.75) is 38.0 Å². The summed E-state index contributed by atoms with van der Waals surface area (Å²) in [6.45, 7) is 5.22. The first kappa shape index (κ1) is 16.5. The number of nitrogen functional groups attached to an aromatic ring is 1. The number of nitrogens with one attached hydrogen (secondary N) is 1. The molecule has 0 saturated heterocycles. The van der Waals surface area contributed by atoms with Gasteiger partial charge < -0.3 is 20.5 Å². The van der Waals surface area contributed by atoms with E-state index in [4.69, 9.17) is 15.2 Å². The second kappa shape index (κ2) is 8.58. The van der Waals surface area contributed by atoms with Crippen molar-refractivity contribution in [3.05, 3.63) is 18.5 Å². The van der Waals surface area contributed by atoms with Crippen molar-refractivity contribution in [2.75, 3.05) is 37.9 Å². The molecule has 1 fully saturated rings. The first-order valence-corrected chi connectivity index (χ1v) is 7.90. The van der Waals surface area contributed by atoms with Crippen LogP contribution in [0.5, 0.6) is 5.88 Å². The van der Waals surface area contributed by atoms with Gasteiger partial charge in [0.15, 0.2) is 5.82 Å². The fourth-order valence-electron chi connectivity index (χ4n) is 2.64. The molecule has 0 amide bonds. The third-order valence-electron chi connectivity index (χ3n) is 3.84. The molecular weight excluding hydrogens is 280 g/mol. The molecule has 1 aromatic heterocycles. The van der Waals surface area contributed by atoms with Gasteiger partial charge in [-0.05, 0) is 12.8 Å². The van der Waals surface area contributed by atoms with Crippen LogP contribution in [0.2, 0.25) is 0 Å². The van der Waals surface area contributed by atoms with Gasteiger partial charge in [-0.3, -0.25) is 0 Å². The van der Waals surface area contributed by atoms with Gasteiger partial charge >= 0.3 is 0 Å². The maximum atomic E-state index is 6.12. The minimum atomic E-state index is 0.392. The fourth-order valence-corrected chi connectivity index (χ4v) is 2.64. The van der Waals surface area contributed by atoms with E-state index in [9.17, 15) is 0 Å². The van der Waals surface area contributed by atoms with Crippen LogP contribution in [-0.4, -0.2) is 36.8 Å². The van der Waals surface area contributed by atoms with Gasteiger partial charge in [0.05, 0.1) is 6.61 Å². The van der Waals surface area contributed by atoms with Crippen LogP contribution < -0.4 is 15.8 Å². The summed E-state index contributed by atoms with van der Waals surface area (Å²) in [5.74, 6) is 2.29. The Bertz CT molecular complexity index is 487. The molecule has 6 heteroatoms. The second-order valence-corrected chi connectivity index (χ2v) is 5.50. The van der Waals surface area contributed by atoms with Crippen LogP contribution in [0, 0.1) is 0 Å². The number of hydrogen-bond acceptors (Lipinski definition) is 6. The maximum Gasteiger partial charge on any atom is 0.242 e. The summed E-state index contributed by atoms with van der Waals surface area (Å²) in [4.78, 5) is 9.17. The summed E-state index contributed by atoms with van der Waals surface area (Å²) in [6, 6.07) is 0. The number of rotatable bonds is 8. The molecular formula is C16H26N4O2. The van der Waals surface area contributed by atoms with Crippen LogP contribution in [0.25, 0.3) is 0 Å². The average molecular weight is 306 g/mol. The highest BCUT2D eigenvalue weighted by molar-refractivity contribution is 5.67. The standard InChI is InChI=1S/C16H26N4O2/c1-3-9-18-15-13(17)16(22-11-10-21-2)20-14(19-15)12-7-5-4-6-8-12/h3,12H,1,4-11,17H2,2H3,(H,18,19,20). The Balaban J connectivity index is 2.22. The molecule has 22 heavy (non-hydrogen) atoms. The summed E-state index contributed by atoms with van der Waals surface area (Å²) in [6.07, 6.45) is 7.78. The Morgan fingerprint density at radius 1 is 1.27 bits per heavy atom. The molecule has 0 atom stereocenters. The monoisotopic (exact) mass is 306 g/mol. The maximum absolute atomic E-state index is 6.12. The van der Waals surface area contributed by atoms with Crippen molar-refractivity contribution in [1.82, 2.24) is 9.97 Å². The lowest BCUT2D eigenvalue weighted by atomic mass is 9.88. The quantitative estimate of drug-likeness (QED) is 0.567. The first-order valence-electron chi connectivity index (χ1n) is 7.90. The fraction of sp³-hybridized carbons (Fsp3) is 0.625. The lowest BCUT2D eigenvalue weighted by molar-refractivity contribution is 0.144. The van der Waals surface area contributed by atoms with E-state index >= 15 is 0 Å². The number of hydrogen-bond donors (Lipinski definition) is 2. The third kappa shape index (κ3) is 4.34. The van der Waals surface area contributed by atoms with E-state index in [1.165, 1.54) is 19.3 Å². The molecule has 0 aromatic carbocycles. The lowest BCUT2D eigenvalue weighted by Gasteiger charge is -2.22. The largest absolute Gasteiger partial charge is 0.474 e. The molecule has 1 saturated carbocycles. The normalized spacial score (nSPS) is 15.5.